The summed E-state index contributed by atoms with van der Waals surface area (Å²) < 4.78 is 16.8. The molecule has 0 spiro atoms. The SMILES string of the molecule is CCCCC/C=C/C/C=C/C/C=C/C/C=C/CCCCCC(=O)OC[C@@H](COC(=O)CCC/C=C/C/C=C/C/C=C/C/C=C/CCCCC)OC(=O)CCCCCCCCCCCCCCCCCCCC. The largest absolute Gasteiger partial charge is 0.462 e. The zero-order valence-corrected chi connectivity index (χ0v) is 47.2. The average Bonchev–Trinajstić information content (AvgIpc) is 3.38. The normalized spacial score (nSPS) is 12.8. The quantitative estimate of drug-likeness (QED) is 0.0261. The Hall–Kier alpha value is -3.67. The fourth-order valence-electron chi connectivity index (χ4n) is 8.24. The number of hydrogen-bond donors (Lipinski definition) is 0. The van der Waals surface area contributed by atoms with Crippen molar-refractivity contribution in [3.63, 3.8) is 0 Å². The minimum atomic E-state index is -0.813. The summed E-state index contributed by atoms with van der Waals surface area (Å²) in [5, 5.41) is 0. The number of esters is 3. The average molecular weight is 1000 g/mol. The van der Waals surface area contributed by atoms with Crippen molar-refractivity contribution >= 4 is 17.9 Å². The predicted octanol–water partition coefficient (Wildman–Crippen LogP) is 20.5. The van der Waals surface area contributed by atoms with E-state index in [2.05, 4.69) is 118 Å². The lowest BCUT2D eigenvalue weighted by Gasteiger charge is -2.18. The molecule has 6 nitrogen and oxygen atoms in total. The summed E-state index contributed by atoms with van der Waals surface area (Å²) in [4.78, 5) is 38.2. The molecule has 6 heteroatoms. The van der Waals surface area contributed by atoms with Crippen molar-refractivity contribution in [2.75, 3.05) is 13.2 Å². The lowest BCUT2D eigenvalue weighted by molar-refractivity contribution is -0.167. The second-order valence-corrected chi connectivity index (χ2v) is 19.9. The summed E-state index contributed by atoms with van der Waals surface area (Å²) in [6, 6.07) is 0. The first-order chi connectivity index (χ1) is 35.5. The molecule has 0 bridgehead atoms. The number of ether oxygens (including phenoxy) is 3. The van der Waals surface area contributed by atoms with Crippen LogP contribution in [0.4, 0.5) is 0 Å². The number of carbonyl (C=O) groups excluding carboxylic acids is 3. The van der Waals surface area contributed by atoms with E-state index in [1.165, 1.54) is 148 Å². The molecule has 0 saturated heterocycles. The first kappa shape index (κ1) is 68.3. The Balaban J connectivity index is 4.51. The molecule has 0 rings (SSSR count). The Kier molecular flexibility index (Phi) is 56.8. The predicted molar refractivity (Wildman–Crippen MR) is 311 cm³/mol. The van der Waals surface area contributed by atoms with E-state index < -0.39 is 6.10 Å². The van der Waals surface area contributed by atoms with Gasteiger partial charge in [-0.15, -0.1) is 0 Å². The first-order valence-electron chi connectivity index (χ1n) is 30.2. The van der Waals surface area contributed by atoms with Crippen LogP contribution in [0.15, 0.2) is 97.2 Å². The van der Waals surface area contributed by atoms with Gasteiger partial charge in [0.2, 0.25) is 0 Å². The van der Waals surface area contributed by atoms with Gasteiger partial charge in [0.1, 0.15) is 13.2 Å². The van der Waals surface area contributed by atoms with Gasteiger partial charge in [-0.05, 0) is 103 Å². The highest BCUT2D eigenvalue weighted by atomic mass is 16.6. The Bertz CT molecular complexity index is 1430. The van der Waals surface area contributed by atoms with E-state index >= 15 is 0 Å². The lowest BCUT2D eigenvalue weighted by atomic mass is 10.0. The molecule has 412 valence electrons. The number of carbonyl (C=O) groups is 3. The van der Waals surface area contributed by atoms with Gasteiger partial charge in [0.05, 0.1) is 0 Å². The molecule has 0 saturated carbocycles. The van der Waals surface area contributed by atoms with Gasteiger partial charge in [0, 0.05) is 19.3 Å². The first-order valence-corrected chi connectivity index (χ1v) is 30.2. The van der Waals surface area contributed by atoms with Crippen LogP contribution in [0.5, 0.6) is 0 Å². The van der Waals surface area contributed by atoms with Crippen LogP contribution in [0.1, 0.15) is 284 Å². The summed E-state index contributed by atoms with van der Waals surface area (Å²) >= 11 is 0. The van der Waals surface area contributed by atoms with Crippen molar-refractivity contribution < 1.29 is 28.6 Å². The molecule has 0 aliphatic rings. The summed E-state index contributed by atoms with van der Waals surface area (Å²) in [6.45, 7) is 6.53. The summed E-state index contributed by atoms with van der Waals surface area (Å²) in [7, 11) is 0. The van der Waals surface area contributed by atoms with E-state index in [0.717, 1.165) is 89.9 Å². The van der Waals surface area contributed by atoms with E-state index in [0.29, 0.717) is 19.3 Å². The molecule has 0 aliphatic carbocycles. The molecule has 0 aromatic heterocycles. The summed E-state index contributed by atoms with van der Waals surface area (Å²) in [5.41, 5.74) is 0. The maximum absolute atomic E-state index is 12.9. The highest BCUT2D eigenvalue weighted by molar-refractivity contribution is 5.71. The topological polar surface area (TPSA) is 78.9 Å². The number of rotatable bonds is 54. The van der Waals surface area contributed by atoms with Gasteiger partial charge >= 0.3 is 17.9 Å². The van der Waals surface area contributed by atoms with Crippen molar-refractivity contribution in [2.24, 2.45) is 0 Å². The van der Waals surface area contributed by atoms with Crippen LogP contribution >= 0.6 is 0 Å². The molecule has 72 heavy (non-hydrogen) atoms. The molecule has 0 aliphatic heterocycles. The van der Waals surface area contributed by atoms with Crippen molar-refractivity contribution in [3.05, 3.63) is 97.2 Å². The fourth-order valence-corrected chi connectivity index (χ4v) is 8.24. The van der Waals surface area contributed by atoms with Gasteiger partial charge in [-0.1, -0.05) is 259 Å². The van der Waals surface area contributed by atoms with E-state index in [9.17, 15) is 14.4 Å². The van der Waals surface area contributed by atoms with Crippen LogP contribution in [0.25, 0.3) is 0 Å². The highest BCUT2D eigenvalue weighted by Crippen LogP contribution is 2.16. The van der Waals surface area contributed by atoms with Gasteiger partial charge in [-0.3, -0.25) is 14.4 Å². The third-order valence-electron chi connectivity index (χ3n) is 12.8. The molecule has 0 aromatic rings. The van der Waals surface area contributed by atoms with Crippen LogP contribution in [-0.4, -0.2) is 37.2 Å². The third-order valence-corrected chi connectivity index (χ3v) is 12.8. The Labute approximate surface area is 445 Å². The van der Waals surface area contributed by atoms with Crippen molar-refractivity contribution in [3.8, 4) is 0 Å². The summed E-state index contributed by atoms with van der Waals surface area (Å²) in [5.74, 6) is -0.987. The van der Waals surface area contributed by atoms with Gasteiger partial charge < -0.3 is 14.2 Å². The van der Waals surface area contributed by atoms with Gasteiger partial charge in [0.15, 0.2) is 6.10 Å². The molecule has 0 aromatic carbocycles. The Morgan fingerprint density at radius 3 is 0.861 bits per heavy atom. The number of hydrogen-bond acceptors (Lipinski definition) is 6. The lowest BCUT2D eigenvalue weighted by Crippen LogP contribution is -2.30. The molecular formula is C66H112O6. The maximum atomic E-state index is 12.9. The van der Waals surface area contributed by atoms with Crippen LogP contribution in [0.2, 0.25) is 0 Å². The molecule has 0 fully saturated rings. The second-order valence-electron chi connectivity index (χ2n) is 19.9. The van der Waals surface area contributed by atoms with Gasteiger partial charge in [0.25, 0.3) is 0 Å². The minimum absolute atomic E-state index is 0.110. The van der Waals surface area contributed by atoms with Crippen LogP contribution in [0.3, 0.4) is 0 Å². The monoisotopic (exact) mass is 1000 g/mol. The van der Waals surface area contributed by atoms with Crippen molar-refractivity contribution in [2.45, 2.75) is 290 Å². The molecule has 0 heterocycles. The Morgan fingerprint density at radius 2 is 0.514 bits per heavy atom. The number of allylic oxidation sites excluding steroid dienone is 16. The van der Waals surface area contributed by atoms with E-state index in [4.69, 9.17) is 14.2 Å². The van der Waals surface area contributed by atoms with E-state index in [1.54, 1.807) is 0 Å². The standard InChI is InChI=1S/C66H112O6/c1-4-7-10-13-16-19-22-25-28-31-33-36-38-41-44-47-50-53-56-59-65(68)71-62-63(61-70-64(67)58-55-52-49-46-43-40-37-34-30-27-24-21-18-15-12-9-6-3)72-66(69)60-57-54-51-48-45-42-39-35-32-29-26-23-20-17-14-11-8-5-2/h16,18-19,21,25,27-28,30,33,36-37,40-41,44,46,49,63H,4-15,17,20,22-24,26,29,31-32,34-35,38-39,42-43,45,47-48,50-62H2,1-3H3/b19-16+,21-18+,28-25+,30-27+,36-33+,40-37+,44-41+,49-46+/t63-/m1/s1. The zero-order valence-electron chi connectivity index (χ0n) is 47.2. The highest BCUT2D eigenvalue weighted by Gasteiger charge is 2.19. The molecule has 0 unspecified atom stereocenters. The van der Waals surface area contributed by atoms with Crippen molar-refractivity contribution in [1.82, 2.24) is 0 Å². The molecule has 0 amide bonds. The van der Waals surface area contributed by atoms with Crippen LogP contribution in [-0.2, 0) is 28.6 Å². The van der Waals surface area contributed by atoms with E-state index in [1.807, 2.05) is 0 Å². The third kappa shape index (κ3) is 57.2. The molecular weight excluding hydrogens is 889 g/mol. The fraction of sp³-hybridized carbons (Fsp3) is 0.712. The van der Waals surface area contributed by atoms with E-state index in [-0.39, 0.29) is 37.5 Å². The maximum Gasteiger partial charge on any atom is 0.306 e. The zero-order chi connectivity index (χ0) is 52.2. The van der Waals surface area contributed by atoms with Crippen LogP contribution < -0.4 is 0 Å². The van der Waals surface area contributed by atoms with Crippen molar-refractivity contribution in [1.29, 1.82) is 0 Å². The summed E-state index contributed by atoms with van der Waals surface area (Å²) in [6.07, 6.45) is 79.7. The molecule has 1 atom stereocenters. The Morgan fingerprint density at radius 1 is 0.278 bits per heavy atom. The second kappa shape index (κ2) is 59.9. The molecule has 0 N–H and O–H groups in total. The molecule has 0 radical (unpaired) electrons. The minimum Gasteiger partial charge on any atom is -0.462 e. The van der Waals surface area contributed by atoms with Crippen LogP contribution in [0, 0.1) is 0 Å². The van der Waals surface area contributed by atoms with Gasteiger partial charge in [-0.25, -0.2) is 0 Å². The number of unbranched alkanes of at least 4 members (excludes halogenated alkanes) is 27. The smallest absolute Gasteiger partial charge is 0.306 e. The van der Waals surface area contributed by atoms with Gasteiger partial charge in [-0.2, -0.15) is 0 Å².